The number of ketones is 1. The molecule has 110 valence electrons. The van der Waals surface area contributed by atoms with E-state index in [9.17, 15) is 9.59 Å². The Hall–Kier alpha value is -1.84. The first-order valence-corrected chi connectivity index (χ1v) is 6.55. The van der Waals surface area contributed by atoms with Gasteiger partial charge in [0.1, 0.15) is 11.4 Å². The summed E-state index contributed by atoms with van der Waals surface area (Å²) in [6.45, 7) is 10.3. The number of benzene rings is 1. The Morgan fingerprint density at radius 1 is 0.950 bits per heavy atom. The molecule has 0 aromatic heterocycles. The summed E-state index contributed by atoms with van der Waals surface area (Å²) >= 11 is 0. The summed E-state index contributed by atoms with van der Waals surface area (Å²) in [6.07, 6.45) is 0. The molecule has 4 nitrogen and oxygen atoms in total. The topological polar surface area (TPSA) is 52.6 Å². The van der Waals surface area contributed by atoms with Crippen LogP contribution in [0.4, 0.5) is 0 Å². The zero-order valence-corrected chi connectivity index (χ0v) is 12.9. The van der Waals surface area contributed by atoms with Gasteiger partial charge in [-0.05, 0) is 58.9 Å². The predicted octanol–water partition coefficient (Wildman–Crippen LogP) is 3.39. The van der Waals surface area contributed by atoms with Crippen molar-refractivity contribution in [3.63, 3.8) is 0 Å². The zero-order valence-electron chi connectivity index (χ0n) is 12.9. The number of carbonyl (C=O) groups excluding carboxylic acids is 2. The van der Waals surface area contributed by atoms with Gasteiger partial charge in [-0.25, -0.2) is 0 Å². The zero-order chi connectivity index (χ0) is 15.6. The van der Waals surface area contributed by atoms with Gasteiger partial charge in [-0.15, -0.1) is 0 Å². The average molecular weight is 278 g/mol. The lowest BCUT2D eigenvalue weighted by molar-refractivity contribution is -0.149. The molecule has 0 aliphatic carbocycles. The maximum absolute atomic E-state index is 12.3. The Balaban J connectivity index is 2.88. The van der Waals surface area contributed by atoms with Crippen molar-refractivity contribution < 1.29 is 19.1 Å². The van der Waals surface area contributed by atoms with Crippen LogP contribution in [-0.2, 0) is 9.53 Å². The molecule has 1 aromatic rings. The maximum atomic E-state index is 12.3. The lowest BCUT2D eigenvalue weighted by atomic mass is 9.96. The molecule has 0 heterocycles. The highest BCUT2D eigenvalue weighted by molar-refractivity contribution is 6.02. The molecule has 0 fully saturated rings. The van der Waals surface area contributed by atoms with Crippen molar-refractivity contribution in [2.75, 3.05) is 0 Å². The third-order valence-electron chi connectivity index (χ3n) is 2.49. The van der Waals surface area contributed by atoms with Crippen LogP contribution < -0.4 is 4.74 Å². The number of ether oxygens (including phenoxy) is 2. The molecule has 4 heteroatoms. The minimum atomic E-state index is -1.17. The van der Waals surface area contributed by atoms with Crippen LogP contribution in [0.25, 0.3) is 0 Å². The molecule has 0 aliphatic heterocycles. The van der Waals surface area contributed by atoms with E-state index in [0.717, 1.165) is 0 Å². The summed E-state index contributed by atoms with van der Waals surface area (Å²) in [5.41, 5.74) is -0.974. The fraction of sp³-hybridized carbons (Fsp3) is 0.500. The molecule has 0 N–H and O–H groups in total. The molecule has 1 aromatic carbocycles. The maximum Gasteiger partial charge on any atom is 0.303 e. The smallest absolute Gasteiger partial charge is 0.303 e. The molecule has 0 saturated heterocycles. The van der Waals surface area contributed by atoms with Crippen LogP contribution in [0.3, 0.4) is 0 Å². The molecule has 0 amide bonds. The third kappa shape index (κ3) is 4.68. The van der Waals surface area contributed by atoms with Gasteiger partial charge in [0.05, 0.1) is 0 Å². The molecule has 0 saturated carbocycles. The molecular formula is C16H22O4. The first-order valence-electron chi connectivity index (χ1n) is 6.55. The number of esters is 1. The number of rotatable bonds is 4. The Labute approximate surface area is 120 Å². The van der Waals surface area contributed by atoms with E-state index in [2.05, 4.69) is 0 Å². The normalized spacial score (nSPS) is 11.9. The second kappa shape index (κ2) is 5.65. The van der Waals surface area contributed by atoms with Crippen molar-refractivity contribution in [3.8, 4) is 5.75 Å². The summed E-state index contributed by atoms with van der Waals surface area (Å²) in [5.74, 6) is -0.0228. The SMILES string of the molecule is CC(=O)OC(C)(C)C(=O)c1ccc(OC(C)(C)C)cc1. The fourth-order valence-electron chi connectivity index (χ4n) is 1.78. The van der Waals surface area contributed by atoms with Crippen molar-refractivity contribution in [3.05, 3.63) is 29.8 Å². The second-order valence-electron chi connectivity index (χ2n) is 6.17. The Kier molecular flexibility index (Phi) is 4.58. The van der Waals surface area contributed by atoms with Crippen molar-refractivity contribution in [1.29, 1.82) is 0 Å². The van der Waals surface area contributed by atoms with Gasteiger partial charge >= 0.3 is 5.97 Å². The molecule has 0 aliphatic rings. The van der Waals surface area contributed by atoms with Gasteiger partial charge in [-0.1, -0.05) is 0 Å². The number of hydrogen-bond donors (Lipinski definition) is 0. The molecule has 0 bridgehead atoms. The van der Waals surface area contributed by atoms with Crippen molar-refractivity contribution in [1.82, 2.24) is 0 Å². The van der Waals surface area contributed by atoms with E-state index < -0.39 is 11.6 Å². The summed E-state index contributed by atoms with van der Waals surface area (Å²) in [4.78, 5) is 23.3. The lowest BCUT2D eigenvalue weighted by Gasteiger charge is -2.24. The Morgan fingerprint density at radius 3 is 1.85 bits per heavy atom. The summed E-state index contributed by atoms with van der Waals surface area (Å²) in [7, 11) is 0. The molecule has 1 rings (SSSR count). The van der Waals surface area contributed by atoms with E-state index >= 15 is 0 Å². The van der Waals surface area contributed by atoms with Crippen molar-refractivity contribution in [2.45, 2.75) is 52.7 Å². The Morgan fingerprint density at radius 2 is 1.45 bits per heavy atom. The average Bonchev–Trinajstić information content (AvgIpc) is 2.25. The molecule has 20 heavy (non-hydrogen) atoms. The van der Waals surface area contributed by atoms with E-state index in [1.807, 2.05) is 20.8 Å². The van der Waals surface area contributed by atoms with Gasteiger partial charge < -0.3 is 9.47 Å². The van der Waals surface area contributed by atoms with Crippen LogP contribution >= 0.6 is 0 Å². The highest BCUT2D eigenvalue weighted by atomic mass is 16.6. The summed E-state index contributed by atoms with van der Waals surface area (Å²) in [6, 6.07) is 6.83. The molecule has 0 spiro atoms. The number of carbonyl (C=O) groups is 2. The quantitative estimate of drug-likeness (QED) is 0.625. The Bertz CT molecular complexity index is 492. The van der Waals surface area contributed by atoms with Crippen LogP contribution in [0, 0.1) is 0 Å². The molecule has 0 radical (unpaired) electrons. The van der Waals surface area contributed by atoms with Gasteiger partial charge in [0.25, 0.3) is 0 Å². The van der Waals surface area contributed by atoms with Crippen LogP contribution in [0.15, 0.2) is 24.3 Å². The number of hydrogen-bond acceptors (Lipinski definition) is 4. The summed E-state index contributed by atoms with van der Waals surface area (Å²) < 4.78 is 10.7. The second-order valence-corrected chi connectivity index (χ2v) is 6.17. The van der Waals surface area contributed by atoms with Gasteiger partial charge in [0, 0.05) is 12.5 Å². The van der Waals surface area contributed by atoms with Gasteiger partial charge in [0.2, 0.25) is 5.78 Å². The monoisotopic (exact) mass is 278 g/mol. The minimum Gasteiger partial charge on any atom is -0.488 e. The standard InChI is InChI=1S/C16H22O4/c1-11(17)19-16(5,6)14(18)12-7-9-13(10-8-12)20-15(2,3)4/h7-10H,1-6H3. The van der Waals surface area contributed by atoms with Gasteiger partial charge in [-0.2, -0.15) is 0 Å². The van der Waals surface area contributed by atoms with Crippen LogP contribution in [0.5, 0.6) is 5.75 Å². The third-order valence-corrected chi connectivity index (χ3v) is 2.49. The van der Waals surface area contributed by atoms with Crippen LogP contribution in [-0.4, -0.2) is 23.0 Å². The van der Waals surface area contributed by atoms with Crippen LogP contribution in [0.1, 0.15) is 51.9 Å². The fourth-order valence-corrected chi connectivity index (χ4v) is 1.78. The highest BCUT2D eigenvalue weighted by Crippen LogP contribution is 2.22. The van der Waals surface area contributed by atoms with E-state index in [0.29, 0.717) is 11.3 Å². The largest absolute Gasteiger partial charge is 0.488 e. The van der Waals surface area contributed by atoms with Gasteiger partial charge in [-0.3, -0.25) is 9.59 Å². The van der Waals surface area contributed by atoms with Crippen molar-refractivity contribution in [2.24, 2.45) is 0 Å². The first-order chi connectivity index (χ1) is 9.01. The summed E-state index contributed by atoms with van der Waals surface area (Å²) in [5, 5.41) is 0. The minimum absolute atomic E-state index is 0.241. The van der Waals surface area contributed by atoms with E-state index in [4.69, 9.17) is 9.47 Å². The van der Waals surface area contributed by atoms with Crippen molar-refractivity contribution >= 4 is 11.8 Å². The van der Waals surface area contributed by atoms with E-state index in [-0.39, 0.29) is 11.4 Å². The molecule has 0 atom stereocenters. The van der Waals surface area contributed by atoms with E-state index in [1.54, 1.807) is 38.1 Å². The van der Waals surface area contributed by atoms with Gasteiger partial charge in [0.15, 0.2) is 5.60 Å². The first kappa shape index (κ1) is 16.2. The predicted molar refractivity (Wildman–Crippen MR) is 77.0 cm³/mol. The van der Waals surface area contributed by atoms with Crippen LogP contribution in [0.2, 0.25) is 0 Å². The van der Waals surface area contributed by atoms with E-state index in [1.165, 1.54) is 6.92 Å². The molecule has 0 unspecified atom stereocenters. The lowest BCUT2D eigenvalue weighted by Crippen LogP contribution is -2.36. The number of Topliss-reactive ketones (excluding diaryl/α,β-unsaturated/α-hetero) is 1. The molecular weight excluding hydrogens is 256 g/mol. The highest BCUT2D eigenvalue weighted by Gasteiger charge is 2.31.